The van der Waals surface area contributed by atoms with E-state index in [1.165, 1.54) is 11.8 Å². The van der Waals surface area contributed by atoms with Crippen LogP contribution in [-0.4, -0.2) is 40.1 Å². The number of amides is 1. The maximum Gasteiger partial charge on any atom is 0.230 e. The zero-order valence-electron chi connectivity index (χ0n) is 14.0. The summed E-state index contributed by atoms with van der Waals surface area (Å²) in [6, 6.07) is 7.64. The van der Waals surface area contributed by atoms with Gasteiger partial charge in [0.2, 0.25) is 5.91 Å². The van der Waals surface area contributed by atoms with Gasteiger partial charge in [0, 0.05) is 18.7 Å². The van der Waals surface area contributed by atoms with Gasteiger partial charge in [0.15, 0.2) is 11.0 Å². The van der Waals surface area contributed by atoms with Crippen molar-refractivity contribution in [1.82, 2.24) is 20.1 Å². The molecule has 1 aromatic heterocycles. The first-order chi connectivity index (χ1) is 11.7. The Hall–Kier alpha value is -2.28. The molecule has 0 spiro atoms. The topological polar surface area (TPSA) is 69.0 Å². The van der Waals surface area contributed by atoms with Crippen molar-refractivity contribution < 1.29 is 9.53 Å². The van der Waals surface area contributed by atoms with Crippen LogP contribution in [0.15, 0.2) is 42.1 Å². The highest BCUT2D eigenvalue weighted by molar-refractivity contribution is 7.99. The molecule has 0 fully saturated rings. The zero-order chi connectivity index (χ0) is 17.4. The summed E-state index contributed by atoms with van der Waals surface area (Å²) in [5.41, 5.74) is 0.937. The smallest absolute Gasteiger partial charge is 0.230 e. The van der Waals surface area contributed by atoms with Gasteiger partial charge in [-0.15, -0.1) is 16.8 Å². The van der Waals surface area contributed by atoms with E-state index in [1.54, 1.807) is 13.2 Å². The Balaban J connectivity index is 2.16. The van der Waals surface area contributed by atoms with Crippen LogP contribution in [0.4, 0.5) is 0 Å². The highest BCUT2D eigenvalue weighted by Crippen LogP contribution is 2.25. The van der Waals surface area contributed by atoms with Crippen LogP contribution in [-0.2, 0) is 11.3 Å². The minimum absolute atomic E-state index is 0.000926. The summed E-state index contributed by atoms with van der Waals surface area (Å²) in [5.74, 6) is 1.85. The highest BCUT2D eigenvalue weighted by Gasteiger charge is 2.14. The summed E-state index contributed by atoms with van der Waals surface area (Å²) in [4.78, 5) is 11.8. The predicted molar refractivity (Wildman–Crippen MR) is 96.2 cm³/mol. The van der Waals surface area contributed by atoms with Crippen molar-refractivity contribution in [2.45, 2.75) is 25.0 Å². The maximum absolute atomic E-state index is 11.8. The molecule has 1 heterocycles. The van der Waals surface area contributed by atoms with Crippen molar-refractivity contribution >= 4 is 17.7 Å². The zero-order valence-corrected chi connectivity index (χ0v) is 14.8. The van der Waals surface area contributed by atoms with Crippen LogP contribution in [0.5, 0.6) is 5.75 Å². The molecule has 6 nitrogen and oxygen atoms in total. The number of rotatable bonds is 9. The second-order valence-corrected chi connectivity index (χ2v) is 6.02. The predicted octanol–water partition coefficient (Wildman–Crippen LogP) is 2.76. The van der Waals surface area contributed by atoms with Crippen LogP contribution < -0.4 is 10.1 Å². The molecule has 0 atom stereocenters. The minimum Gasteiger partial charge on any atom is -0.497 e. The molecule has 0 bridgehead atoms. The molecular formula is C17H22N4O2S. The summed E-state index contributed by atoms with van der Waals surface area (Å²) < 4.78 is 7.13. The summed E-state index contributed by atoms with van der Waals surface area (Å²) in [7, 11) is 1.63. The molecule has 7 heteroatoms. The molecule has 1 N–H and O–H groups in total. The molecule has 1 aromatic carbocycles. The number of aromatic nitrogens is 3. The molecule has 0 aliphatic carbocycles. The largest absolute Gasteiger partial charge is 0.497 e. The number of ether oxygens (including phenoxy) is 1. The minimum atomic E-state index is 0.000926. The van der Waals surface area contributed by atoms with E-state index in [-0.39, 0.29) is 5.91 Å². The van der Waals surface area contributed by atoms with E-state index >= 15 is 0 Å². The molecule has 0 aliphatic heterocycles. The lowest BCUT2D eigenvalue weighted by molar-refractivity contribution is -0.118. The number of nitrogens with one attached hydrogen (secondary N) is 1. The second kappa shape index (κ2) is 9.12. The second-order valence-electron chi connectivity index (χ2n) is 5.07. The van der Waals surface area contributed by atoms with Gasteiger partial charge in [-0.25, -0.2) is 0 Å². The Kier molecular flexibility index (Phi) is 6.87. The lowest BCUT2D eigenvalue weighted by Gasteiger charge is -2.08. The number of carbonyl (C=O) groups is 1. The summed E-state index contributed by atoms with van der Waals surface area (Å²) in [6.07, 6.45) is 2.71. The molecular weight excluding hydrogens is 324 g/mol. The number of methoxy groups -OCH3 is 1. The number of benzene rings is 1. The van der Waals surface area contributed by atoms with Crippen LogP contribution in [0.2, 0.25) is 0 Å². The first kappa shape index (κ1) is 18.1. The van der Waals surface area contributed by atoms with Crippen molar-refractivity contribution in [2.24, 2.45) is 0 Å². The molecule has 0 saturated carbocycles. The van der Waals surface area contributed by atoms with Crippen molar-refractivity contribution in [3.63, 3.8) is 0 Å². The third kappa shape index (κ3) is 4.61. The maximum atomic E-state index is 11.8. The molecule has 2 rings (SSSR count). The molecule has 24 heavy (non-hydrogen) atoms. The van der Waals surface area contributed by atoms with E-state index in [9.17, 15) is 4.79 Å². The average molecular weight is 346 g/mol. The van der Waals surface area contributed by atoms with E-state index in [1.807, 2.05) is 35.8 Å². The van der Waals surface area contributed by atoms with Crippen molar-refractivity contribution in [3.8, 4) is 17.1 Å². The van der Waals surface area contributed by atoms with Gasteiger partial charge in [0.25, 0.3) is 0 Å². The molecule has 0 unspecified atom stereocenters. The number of hydrogen-bond acceptors (Lipinski definition) is 5. The lowest BCUT2D eigenvalue weighted by Crippen LogP contribution is -2.25. The van der Waals surface area contributed by atoms with Crippen LogP contribution in [0.3, 0.4) is 0 Å². The summed E-state index contributed by atoms with van der Waals surface area (Å²) in [5, 5.41) is 12.1. The highest BCUT2D eigenvalue weighted by atomic mass is 32.2. The standard InChI is InChI=1S/C17H22N4O2S/c1-4-10-18-15(22)12-24-17-20-19-16(21(17)11-5-2)13-6-8-14(23-3)9-7-13/h5-9H,2,4,10-12H2,1,3H3,(H,18,22). The SMILES string of the molecule is C=CCn1c(SCC(=O)NCCC)nnc1-c1ccc(OC)cc1. The van der Waals surface area contributed by atoms with Crippen molar-refractivity contribution in [2.75, 3.05) is 19.4 Å². The van der Waals surface area contributed by atoms with Gasteiger partial charge < -0.3 is 10.1 Å². The number of thioether (sulfide) groups is 1. The van der Waals surface area contributed by atoms with E-state index < -0.39 is 0 Å². The Bertz CT molecular complexity index is 682. The normalized spacial score (nSPS) is 10.4. The van der Waals surface area contributed by atoms with Gasteiger partial charge >= 0.3 is 0 Å². The number of allylic oxidation sites excluding steroid dienone is 1. The van der Waals surface area contributed by atoms with Gasteiger partial charge in [0.05, 0.1) is 12.9 Å². The van der Waals surface area contributed by atoms with E-state index in [2.05, 4.69) is 22.1 Å². The van der Waals surface area contributed by atoms with E-state index in [4.69, 9.17) is 4.74 Å². The Morgan fingerprint density at radius 3 is 2.75 bits per heavy atom. The van der Waals surface area contributed by atoms with Crippen LogP contribution in [0.1, 0.15) is 13.3 Å². The molecule has 1 amide bonds. The fourth-order valence-corrected chi connectivity index (χ4v) is 2.87. The lowest BCUT2D eigenvalue weighted by atomic mass is 10.2. The first-order valence-corrected chi connectivity index (χ1v) is 8.76. The molecule has 0 radical (unpaired) electrons. The third-order valence-electron chi connectivity index (χ3n) is 3.28. The van der Waals surface area contributed by atoms with Crippen molar-refractivity contribution in [1.29, 1.82) is 0 Å². The number of carbonyl (C=O) groups excluding carboxylic acids is 1. The number of nitrogens with zero attached hydrogens (tertiary/aromatic N) is 3. The number of hydrogen-bond donors (Lipinski definition) is 1. The van der Waals surface area contributed by atoms with Crippen LogP contribution in [0, 0.1) is 0 Å². The Labute approximate surface area is 146 Å². The Morgan fingerprint density at radius 2 is 2.12 bits per heavy atom. The van der Waals surface area contributed by atoms with Gasteiger partial charge in [-0.3, -0.25) is 9.36 Å². The Morgan fingerprint density at radius 1 is 1.38 bits per heavy atom. The van der Waals surface area contributed by atoms with Gasteiger partial charge in [-0.05, 0) is 30.7 Å². The molecule has 2 aromatic rings. The molecule has 128 valence electrons. The van der Waals surface area contributed by atoms with Crippen LogP contribution in [0.25, 0.3) is 11.4 Å². The third-order valence-corrected chi connectivity index (χ3v) is 4.25. The fourth-order valence-electron chi connectivity index (χ4n) is 2.09. The molecule has 0 aliphatic rings. The quantitative estimate of drug-likeness (QED) is 0.558. The van der Waals surface area contributed by atoms with Gasteiger partial charge in [-0.2, -0.15) is 0 Å². The molecule has 0 saturated heterocycles. The van der Waals surface area contributed by atoms with Gasteiger partial charge in [0.1, 0.15) is 5.75 Å². The van der Waals surface area contributed by atoms with E-state index in [0.717, 1.165) is 23.6 Å². The fraction of sp³-hybridized carbons (Fsp3) is 0.353. The summed E-state index contributed by atoms with van der Waals surface area (Å²) in [6.45, 7) is 7.08. The van der Waals surface area contributed by atoms with Crippen molar-refractivity contribution in [3.05, 3.63) is 36.9 Å². The van der Waals surface area contributed by atoms with Gasteiger partial charge in [-0.1, -0.05) is 24.8 Å². The summed E-state index contributed by atoms with van der Waals surface area (Å²) >= 11 is 1.37. The van der Waals surface area contributed by atoms with E-state index in [0.29, 0.717) is 24.0 Å². The average Bonchev–Trinajstić information content (AvgIpc) is 3.01. The van der Waals surface area contributed by atoms with Crippen LogP contribution >= 0.6 is 11.8 Å². The monoisotopic (exact) mass is 346 g/mol. The first-order valence-electron chi connectivity index (χ1n) is 7.77.